The van der Waals surface area contributed by atoms with Gasteiger partial charge in [-0.3, -0.25) is 19.6 Å². The Morgan fingerprint density at radius 2 is 1.88 bits per heavy atom. The van der Waals surface area contributed by atoms with Gasteiger partial charge in [0.25, 0.3) is 0 Å². The molecule has 0 saturated carbocycles. The lowest BCUT2D eigenvalue weighted by molar-refractivity contribution is -0.136. The second-order valence-electron chi connectivity index (χ2n) is 8.86. The molecule has 2 aliphatic heterocycles. The van der Waals surface area contributed by atoms with E-state index in [0.717, 1.165) is 55.2 Å². The lowest BCUT2D eigenvalue weighted by atomic mass is 9.91. The summed E-state index contributed by atoms with van der Waals surface area (Å²) in [5.74, 6) is -0.875. The summed E-state index contributed by atoms with van der Waals surface area (Å²) in [6.07, 6.45) is 2.96. The van der Waals surface area contributed by atoms with Crippen molar-refractivity contribution in [2.45, 2.75) is 45.3 Å². The molecule has 2 aliphatic rings. The molecule has 1 amide bonds. The Morgan fingerprint density at radius 3 is 2.58 bits per heavy atom. The van der Waals surface area contributed by atoms with Gasteiger partial charge in [0.05, 0.1) is 18.7 Å². The number of aromatic amines is 1. The Balaban J connectivity index is 1.40. The average Bonchev–Trinajstić information content (AvgIpc) is 3.12. The number of hydrogen-bond donors (Lipinski definition) is 2. The molecule has 4 rings (SSSR count). The number of benzene rings is 1. The van der Waals surface area contributed by atoms with E-state index >= 15 is 0 Å². The molecule has 1 aromatic carbocycles. The highest BCUT2D eigenvalue weighted by atomic mass is 16.6. The molecule has 0 unspecified atom stereocenters. The zero-order valence-electron chi connectivity index (χ0n) is 19.1. The third-order valence-electron chi connectivity index (χ3n) is 6.31. The average molecular weight is 451 g/mol. The van der Waals surface area contributed by atoms with Crippen molar-refractivity contribution in [2.24, 2.45) is 0 Å². The number of H-pyrrole nitrogens is 1. The van der Waals surface area contributed by atoms with E-state index in [-0.39, 0.29) is 12.5 Å². The van der Waals surface area contributed by atoms with Gasteiger partial charge in [-0.25, -0.2) is 4.79 Å². The van der Waals surface area contributed by atoms with E-state index in [4.69, 9.17) is 9.84 Å². The molecule has 33 heavy (non-hydrogen) atoms. The van der Waals surface area contributed by atoms with Gasteiger partial charge < -0.3 is 14.8 Å². The van der Waals surface area contributed by atoms with Crippen LogP contribution in [-0.2, 0) is 22.5 Å². The van der Waals surface area contributed by atoms with Gasteiger partial charge >= 0.3 is 12.1 Å². The highest BCUT2D eigenvalue weighted by Gasteiger charge is 2.47. The van der Waals surface area contributed by atoms with Crippen molar-refractivity contribution in [3.8, 4) is 0 Å². The van der Waals surface area contributed by atoms with Gasteiger partial charge in [-0.2, -0.15) is 0 Å². The van der Waals surface area contributed by atoms with Crippen LogP contribution in [0.15, 0.2) is 48.7 Å². The van der Waals surface area contributed by atoms with Crippen molar-refractivity contribution in [1.29, 1.82) is 0 Å². The summed E-state index contributed by atoms with van der Waals surface area (Å²) in [6, 6.07) is 13.0. The molecule has 174 valence electrons. The van der Waals surface area contributed by atoms with Gasteiger partial charge in [-0.05, 0) is 43.7 Å². The first-order valence-corrected chi connectivity index (χ1v) is 11.2. The number of carboxylic acids is 1. The fourth-order valence-electron chi connectivity index (χ4n) is 4.43. The number of piperidine rings is 1. The molecular formula is C25H30N4O4. The maximum atomic E-state index is 12.6. The van der Waals surface area contributed by atoms with Crippen LogP contribution >= 0.6 is 0 Å². The lowest BCUT2D eigenvalue weighted by Crippen LogP contribution is -2.46. The monoisotopic (exact) mass is 450 g/mol. The van der Waals surface area contributed by atoms with Crippen molar-refractivity contribution in [3.63, 3.8) is 0 Å². The Labute approximate surface area is 193 Å². The van der Waals surface area contributed by atoms with Crippen LogP contribution in [0, 0.1) is 13.8 Å². The number of likely N-dealkylation sites (tertiary alicyclic amines) is 1. The summed E-state index contributed by atoms with van der Waals surface area (Å²) in [6.45, 7) is 6.94. The molecule has 2 fully saturated rings. The molecular weight excluding hydrogens is 420 g/mol. The number of carboxylic acid groups (broad SMARTS) is 1. The van der Waals surface area contributed by atoms with Gasteiger partial charge in [0, 0.05) is 55.7 Å². The van der Waals surface area contributed by atoms with E-state index in [0.29, 0.717) is 12.1 Å². The van der Waals surface area contributed by atoms with Gasteiger partial charge in [-0.1, -0.05) is 18.2 Å². The number of carbonyl (C=O) groups excluding carboxylic acids is 1. The Kier molecular flexibility index (Phi) is 6.65. The normalized spacial score (nSPS) is 17.6. The van der Waals surface area contributed by atoms with Crippen LogP contribution in [0.25, 0.3) is 0 Å². The number of nitrogens with zero attached hydrogens (tertiary/aromatic N) is 3. The Morgan fingerprint density at radius 1 is 1.15 bits per heavy atom. The minimum absolute atomic E-state index is 0.0356. The first-order valence-electron chi connectivity index (χ1n) is 11.2. The molecule has 1 aromatic heterocycles. The summed E-state index contributed by atoms with van der Waals surface area (Å²) >= 11 is 0. The summed E-state index contributed by atoms with van der Waals surface area (Å²) in [7, 11) is 0. The molecule has 3 heterocycles. The molecule has 2 saturated heterocycles. The van der Waals surface area contributed by atoms with E-state index in [2.05, 4.69) is 14.9 Å². The maximum absolute atomic E-state index is 12.6. The quantitative estimate of drug-likeness (QED) is 0.720. The first kappa shape index (κ1) is 22.8. The summed E-state index contributed by atoms with van der Waals surface area (Å²) in [5, 5.41) is 8.94. The molecule has 0 bridgehead atoms. The summed E-state index contributed by atoms with van der Waals surface area (Å²) in [5.41, 5.74) is 4.05. The van der Waals surface area contributed by atoms with Gasteiger partial charge in [0.2, 0.25) is 0 Å². The number of nitrogens with one attached hydrogen (secondary N) is 1. The van der Waals surface area contributed by atoms with Crippen molar-refractivity contribution in [3.05, 3.63) is 71.3 Å². The predicted octanol–water partition coefficient (Wildman–Crippen LogP) is 3.77. The summed E-state index contributed by atoms with van der Waals surface area (Å²) < 4.78 is 5.87. The van der Waals surface area contributed by atoms with E-state index in [9.17, 15) is 9.59 Å². The van der Waals surface area contributed by atoms with Crippen LogP contribution in [0.5, 0.6) is 0 Å². The van der Waals surface area contributed by atoms with E-state index in [1.807, 2.05) is 38.2 Å². The van der Waals surface area contributed by atoms with E-state index < -0.39 is 11.6 Å². The lowest BCUT2D eigenvalue weighted by Gasteiger charge is -2.37. The molecule has 0 aliphatic carbocycles. The number of anilines is 1. The van der Waals surface area contributed by atoms with Crippen LogP contribution in [0.4, 0.5) is 10.5 Å². The van der Waals surface area contributed by atoms with Crippen molar-refractivity contribution < 1.29 is 19.4 Å². The van der Waals surface area contributed by atoms with Crippen molar-refractivity contribution >= 4 is 17.7 Å². The number of aromatic nitrogens is 2. The third-order valence-corrected chi connectivity index (χ3v) is 6.31. The summed E-state index contributed by atoms with van der Waals surface area (Å²) in [4.78, 5) is 35.6. The molecule has 0 radical (unpaired) electrons. The van der Waals surface area contributed by atoms with Crippen LogP contribution < -0.4 is 4.90 Å². The molecule has 0 atom stereocenters. The smallest absolute Gasteiger partial charge is 0.415 e. The largest absolute Gasteiger partial charge is 0.481 e. The third kappa shape index (κ3) is 5.51. The SMILES string of the molecule is Cc1ccccnc(CN2CCC3(CC2)CN(c2ccc(CC(=O)O)cc2)C(=O)O3)c(C)[nH]1. The van der Waals surface area contributed by atoms with Crippen LogP contribution in [0.2, 0.25) is 0 Å². The number of hydrogen-bond acceptors (Lipinski definition) is 5. The van der Waals surface area contributed by atoms with Gasteiger partial charge in [0.15, 0.2) is 0 Å². The van der Waals surface area contributed by atoms with Crippen molar-refractivity contribution in [1.82, 2.24) is 14.9 Å². The standard InChI is InChI=1S/C25H30N4O4/c1-18-5-3-4-12-26-22(19(2)27-18)16-28-13-10-25(11-14-28)17-29(24(32)33-25)21-8-6-20(7-9-21)15-23(30)31/h3-9,12,27H,10-11,13-17H2,1-2H3,(H,30,31). The first-order chi connectivity index (χ1) is 15.8. The number of aliphatic carboxylic acids is 1. The van der Waals surface area contributed by atoms with Crippen LogP contribution in [-0.4, -0.2) is 57.3 Å². The topological polar surface area (TPSA) is 98.8 Å². The zero-order valence-corrected chi connectivity index (χ0v) is 19.1. The number of carbonyl (C=O) groups is 2. The molecule has 1 spiro atoms. The minimum atomic E-state index is -0.875. The predicted molar refractivity (Wildman–Crippen MR) is 125 cm³/mol. The number of aryl methyl sites for hydroxylation is 2. The second kappa shape index (κ2) is 9.62. The zero-order chi connectivity index (χ0) is 23.4. The van der Waals surface area contributed by atoms with E-state index in [1.54, 1.807) is 29.2 Å². The molecule has 2 aromatic rings. The van der Waals surface area contributed by atoms with Crippen LogP contribution in [0.3, 0.4) is 0 Å². The van der Waals surface area contributed by atoms with Gasteiger partial charge in [-0.15, -0.1) is 0 Å². The molecule has 8 nitrogen and oxygen atoms in total. The fraction of sp³-hybridized carbons (Fsp3) is 0.400. The number of ether oxygens (including phenoxy) is 1. The molecule has 2 N–H and O–H groups in total. The fourth-order valence-corrected chi connectivity index (χ4v) is 4.43. The Hall–Kier alpha value is -3.39. The highest BCUT2D eigenvalue weighted by Crippen LogP contribution is 2.36. The second-order valence-corrected chi connectivity index (χ2v) is 8.86. The number of rotatable bonds is 5. The van der Waals surface area contributed by atoms with E-state index in [1.165, 1.54) is 0 Å². The number of amides is 1. The Bertz CT molecular complexity index is 1070. The highest BCUT2D eigenvalue weighted by molar-refractivity contribution is 5.90. The minimum Gasteiger partial charge on any atom is -0.481 e. The molecule has 8 heteroatoms. The van der Waals surface area contributed by atoms with Crippen LogP contribution in [0.1, 0.15) is 35.5 Å². The maximum Gasteiger partial charge on any atom is 0.415 e. The van der Waals surface area contributed by atoms with Gasteiger partial charge in [0.1, 0.15) is 5.60 Å². The van der Waals surface area contributed by atoms with Crippen molar-refractivity contribution in [2.75, 3.05) is 24.5 Å².